The van der Waals surface area contributed by atoms with E-state index < -0.39 is 47.2 Å². The Morgan fingerprint density at radius 1 is 0.295 bits per heavy atom. The second-order valence-corrected chi connectivity index (χ2v) is 29.4. The first-order chi connectivity index (χ1) is 47.0. The van der Waals surface area contributed by atoms with Crippen LogP contribution in [0.1, 0.15) is 11.0 Å². The highest BCUT2D eigenvalue weighted by atomic mass is 28.3. The van der Waals surface area contributed by atoms with Crippen LogP contribution in [-0.2, 0) is 0 Å². The fraction of sp³-hybridized carbons (Fsp3) is 0. The van der Waals surface area contributed by atoms with E-state index in [1.54, 1.807) is 0 Å². The SMILES string of the molecule is [2H]c1c([2H])c(-c2nc(-c3c([2H])c([2H])c([2H])c([Si](c4ccccc4)(c4ccccc4)c4cccc(-c5ccccc5)c4)c3[2H])nc(N3B(c4ccccc4)c4ccccc4-c4ccccc43)n2)c([2H])c([Si](c2ccccc2)(c2ccccc2)c2cccc(-c3ccccc3)c2)c1[2H]. The van der Waals surface area contributed by atoms with Gasteiger partial charge in [0, 0.05) is 22.4 Å². The zero-order valence-electron chi connectivity index (χ0n) is 55.8. The van der Waals surface area contributed by atoms with Gasteiger partial charge >= 0.3 is 6.85 Å². The van der Waals surface area contributed by atoms with E-state index in [1.165, 1.54) is 0 Å². The fourth-order valence-electron chi connectivity index (χ4n) is 13.1. The lowest BCUT2D eigenvalue weighted by Crippen LogP contribution is -2.74. The highest BCUT2D eigenvalue weighted by Crippen LogP contribution is 2.39. The molecule has 0 amide bonds. The minimum absolute atomic E-state index is 0.0323. The summed E-state index contributed by atoms with van der Waals surface area (Å²) >= 11 is 0. The minimum Gasteiger partial charge on any atom is -0.345 e. The number of benzene rings is 13. The molecule has 0 fully saturated rings. The van der Waals surface area contributed by atoms with Crippen molar-refractivity contribution < 1.29 is 11.0 Å². The Balaban J connectivity index is 1.08. The van der Waals surface area contributed by atoms with Crippen molar-refractivity contribution in [1.29, 1.82) is 0 Å². The van der Waals surface area contributed by atoms with Gasteiger partial charge in [-0.2, -0.15) is 9.97 Å². The van der Waals surface area contributed by atoms with Gasteiger partial charge in [-0.15, -0.1) is 0 Å². The van der Waals surface area contributed by atoms with Gasteiger partial charge in [-0.25, -0.2) is 4.98 Å². The number of hydrogen-bond donors (Lipinski definition) is 0. The number of nitrogens with zero attached hydrogens (tertiary/aromatic N) is 4. The number of rotatable bonds is 14. The maximum Gasteiger partial charge on any atom is 0.331 e. The van der Waals surface area contributed by atoms with E-state index in [9.17, 15) is 11.0 Å². The van der Waals surface area contributed by atoms with Crippen molar-refractivity contribution in [2.24, 2.45) is 0 Å². The largest absolute Gasteiger partial charge is 0.345 e. The zero-order chi connectivity index (χ0) is 65.7. The average Bonchev–Trinajstić information content (AvgIpc) is 0.727. The van der Waals surface area contributed by atoms with E-state index >= 15 is 0 Å². The van der Waals surface area contributed by atoms with Crippen LogP contribution in [0, 0.1) is 0 Å². The van der Waals surface area contributed by atoms with Crippen molar-refractivity contribution >= 4 is 87.1 Å². The molecule has 2 heterocycles. The van der Waals surface area contributed by atoms with Crippen LogP contribution in [0.2, 0.25) is 0 Å². The summed E-state index contributed by atoms with van der Waals surface area (Å²) in [6.45, 7) is -0.616. The molecule has 414 valence electrons. The Hall–Kier alpha value is -10.8. The summed E-state index contributed by atoms with van der Waals surface area (Å²) in [6.07, 6.45) is 0. The number of aromatic nitrogens is 3. The standard InChI is InChI=1S/C81H59BN4Si2/c1-8-30-60(31-9-1)62-34-26-48-71(56-62)87(67-40-14-4-15-41-67,68-42-16-5-17-43-68)73-50-28-36-64(58-73)79-83-80(85-81(84-79)86-78-55-25-23-53-76(78)75-52-22-24-54-77(75)82(86)66-38-12-3-13-39-66)65-37-29-51-74(59-65)88(69-44-18-6-19-45-69,70-46-20-7-21-47-70)72-49-27-35-63(57-72)61-32-10-2-11-33-61/h1-59H/i28D,29D,36D,37D,50D,51D,58D,59D. The summed E-state index contributed by atoms with van der Waals surface area (Å²) in [6, 6.07) is 99.6. The molecule has 1 aliphatic rings. The maximum absolute atomic E-state index is 11.1. The molecule has 13 aromatic carbocycles. The third kappa shape index (κ3) is 9.63. The molecule has 0 saturated heterocycles. The molecule has 0 radical (unpaired) electrons. The first-order valence-electron chi connectivity index (χ1n) is 33.5. The third-order valence-corrected chi connectivity index (χ3v) is 26.2. The van der Waals surface area contributed by atoms with Crippen molar-refractivity contribution in [1.82, 2.24) is 15.0 Å². The Morgan fingerprint density at radius 3 is 1.11 bits per heavy atom. The third-order valence-electron chi connectivity index (χ3n) is 17.0. The lowest BCUT2D eigenvalue weighted by molar-refractivity contribution is 1.04. The minimum atomic E-state index is -3.98. The molecular formula is C81H59BN4Si2. The predicted molar refractivity (Wildman–Crippen MR) is 374 cm³/mol. The molecular weight excluding hydrogens is 1100 g/mol. The Kier molecular flexibility index (Phi) is 12.2. The summed E-state index contributed by atoms with van der Waals surface area (Å²) in [5, 5.41) is 5.47. The summed E-state index contributed by atoms with van der Waals surface area (Å²) < 4.78 is 83.5. The first kappa shape index (κ1) is 45.5. The quantitative estimate of drug-likeness (QED) is 0.0804. The average molecular weight is 1160 g/mol. The number of hydrogen-bond acceptors (Lipinski definition) is 4. The maximum atomic E-state index is 11.1. The van der Waals surface area contributed by atoms with Gasteiger partial charge < -0.3 is 4.81 Å². The van der Waals surface area contributed by atoms with Gasteiger partial charge in [0.05, 0.1) is 11.0 Å². The van der Waals surface area contributed by atoms with Crippen LogP contribution in [0.15, 0.2) is 358 Å². The van der Waals surface area contributed by atoms with E-state index in [0.717, 1.165) is 75.4 Å². The smallest absolute Gasteiger partial charge is 0.331 e. The molecule has 0 N–H and O–H groups in total. The van der Waals surface area contributed by atoms with Crippen molar-refractivity contribution in [2.75, 3.05) is 4.81 Å². The van der Waals surface area contributed by atoms with Gasteiger partial charge in [-0.3, -0.25) is 0 Å². The Bertz CT molecular complexity index is 4910. The first-order valence-corrected chi connectivity index (χ1v) is 33.5. The van der Waals surface area contributed by atoms with Crippen molar-refractivity contribution in [3.8, 4) is 56.2 Å². The van der Waals surface area contributed by atoms with Crippen LogP contribution >= 0.6 is 0 Å². The zero-order valence-corrected chi connectivity index (χ0v) is 49.8. The van der Waals surface area contributed by atoms with Gasteiger partial charge in [-0.05, 0) is 80.8 Å². The second kappa shape index (κ2) is 23.6. The van der Waals surface area contributed by atoms with Gasteiger partial charge in [-0.1, -0.05) is 357 Å². The normalized spacial score (nSPS) is 13.3. The summed E-state index contributed by atoms with van der Waals surface area (Å²) in [5.74, 6) is -0.390. The fourth-order valence-corrected chi connectivity index (χ4v) is 22.1. The van der Waals surface area contributed by atoms with Gasteiger partial charge in [0.2, 0.25) is 5.95 Å². The summed E-state index contributed by atoms with van der Waals surface area (Å²) in [4.78, 5) is 18.3. The van der Waals surface area contributed by atoms with Crippen molar-refractivity contribution in [3.05, 3.63) is 358 Å². The van der Waals surface area contributed by atoms with Crippen LogP contribution in [0.4, 0.5) is 11.6 Å². The molecule has 15 rings (SSSR count). The molecule has 0 spiro atoms. The van der Waals surface area contributed by atoms with Gasteiger partial charge in [0.1, 0.15) is 0 Å². The molecule has 1 aromatic heterocycles. The molecule has 7 heteroatoms. The van der Waals surface area contributed by atoms with E-state index in [4.69, 9.17) is 15.0 Å². The highest BCUT2D eigenvalue weighted by molar-refractivity contribution is 7.20. The van der Waals surface area contributed by atoms with E-state index in [0.29, 0.717) is 5.69 Å². The predicted octanol–water partition coefficient (Wildman–Crippen LogP) is 12.2. The topological polar surface area (TPSA) is 41.9 Å². The van der Waals surface area contributed by atoms with Crippen molar-refractivity contribution in [2.45, 2.75) is 0 Å². The lowest BCUT2D eigenvalue weighted by Gasteiger charge is -2.37. The Labute approximate surface area is 528 Å². The van der Waals surface area contributed by atoms with Crippen LogP contribution < -0.4 is 57.2 Å². The monoisotopic (exact) mass is 1160 g/mol. The van der Waals surface area contributed by atoms with Gasteiger partial charge in [0.15, 0.2) is 27.8 Å². The number of para-hydroxylation sites is 1. The molecule has 4 nitrogen and oxygen atoms in total. The lowest BCUT2D eigenvalue weighted by atomic mass is 9.46. The number of anilines is 2. The molecule has 0 unspecified atom stereocenters. The molecule has 0 atom stereocenters. The summed E-state index contributed by atoms with van der Waals surface area (Å²) in [5.41, 5.74) is 7.85. The number of fused-ring (bicyclic) bond motifs is 3. The molecule has 0 bridgehead atoms. The molecule has 14 aromatic rings. The highest BCUT2D eigenvalue weighted by Gasteiger charge is 2.44. The molecule has 1 aliphatic heterocycles. The van der Waals surface area contributed by atoms with Crippen LogP contribution in [-0.4, -0.2) is 37.9 Å². The van der Waals surface area contributed by atoms with E-state index in [2.05, 4.69) is 60.7 Å². The molecule has 0 aliphatic carbocycles. The molecule has 88 heavy (non-hydrogen) atoms. The van der Waals surface area contributed by atoms with Crippen LogP contribution in [0.3, 0.4) is 0 Å². The van der Waals surface area contributed by atoms with Crippen LogP contribution in [0.5, 0.6) is 0 Å². The van der Waals surface area contributed by atoms with E-state index in [-0.39, 0.29) is 63.3 Å². The molecule has 0 saturated carbocycles. The van der Waals surface area contributed by atoms with Crippen molar-refractivity contribution in [3.63, 3.8) is 0 Å². The van der Waals surface area contributed by atoms with E-state index in [1.807, 2.05) is 254 Å². The summed E-state index contributed by atoms with van der Waals surface area (Å²) in [7, 11) is -7.96. The van der Waals surface area contributed by atoms with Gasteiger partial charge in [0.25, 0.3) is 0 Å². The Morgan fingerprint density at radius 2 is 0.659 bits per heavy atom. The second-order valence-electron chi connectivity index (χ2n) is 21.9. The van der Waals surface area contributed by atoms with Crippen LogP contribution in [0.25, 0.3) is 56.2 Å².